The smallest absolute Gasteiger partial charge is 0.237 e. The van der Waals surface area contributed by atoms with Gasteiger partial charge in [-0.2, -0.15) is 0 Å². The summed E-state index contributed by atoms with van der Waals surface area (Å²) in [6, 6.07) is 16.1. The molecule has 0 aromatic heterocycles. The Balaban J connectivity index is 1.88. The van der Waals surface area contributed by atoms with E-state index >= 15 is 0 Å². The number of aliphatic hydroxyl groups is 1. The van der Waals surface area contributed by atoms with Crippen molar-refractivity contribution in [1.29, 1.82) is 0 Å². The molecule has 26 heavy (non-hydrogen) atoms. The van der Waals surface area contributed by atoms with Gasteiger partial charge in [0, 0.05) is 13.1 Å². The first-order valence-corrected chi connectivity index (χ1v) is 9.00. The molecule has 1 heterocycles. The molecule has 0 fully saturated rings. The van der Waals surface area contributed by atoms with Gasteiger partial charge in [0.05, 0.1) is 25.8 Å². The fourth-order valence-corrected chi connectivity index (χ4v) is 3.47. The molecule has 2 atom stereocenters. The number of carbonyl (C=O) groups excluding carboxylic acids is 1. The molecule has 2 aromatic rings. The fraction of sp³-hybridized carbons (Fsp3) is 0.381. The molecule has 0 saturated carbocycles. The zero-order valence-corrected chi connectivity index (χ0v) is 15.3. The Bertz CT molecular complexity index is 743. The summed E-state index contributed by atoms with van der Waals surface area (Å²) in [7, 11) is 1.65. The highest BCUT2D eigenvalue weighted by Crippen LogP contribution is 2.35. The lowest BCUT2D eigenvalue weighted by Gasteiger charge is -2.38. The van der Waals surface area contributed by atoms with E-state index in [2.05, 4.69) is 17.4 Å². The average molecular weight is 354 g/mol. The van der Waals surface area contributed by atoms with Crippen LogP contribution in [0.1, 0.15) is 29.7 Å². The summed E-state index contributed by atoms with van der Waals surface area (Å²) in [5, 5.41) is 12.4. The molecule has 3 rings (SSSR count). The van der Waals surface area contributed by atoms with Crippen molar-refractivity contribution < 1.29 is 14.6 Å². The number of benzene rings is 2. The highest BCUT2D eigenvalue weighted by atomic mass is 16.5. The molecule has 5 heteroatoms. The number of hydrogen-bond donors (Lipinski definition) is 2. The SMILES string of the molecule is COc1ccc(C2c3ccccc3CCN2C(=O)CNC[C@@H](C)O)cc1. The molecule has 0 aliphatic carbocycles. The van der Waals surface area contributed by atoms with Gasteiger partial charge in [-0.3, -0.25) is 4.79 Å². The number of nitrogens with zero attached hydrogens (tertiary/aromatic N) is 1. The summed E-state index contributed by atoms with van der Waals surface area (Å²) in [5.74, 6) is 0.843. The van der Waals surface area contributed by atoms with Gasteiger partial charge in [0.2, 0.25) is 5.91 Å². The second-order valence-corrected chi connectivity index (χ2v) is 6.69. The van der Waals surface area contributed by atoms with E-state index in [1.807, 2.05) is 41.3 Å². The Labute approximate surface area is 154 Å². The molecule has 2 N–H and O–H groups in total. The van der Waals surface area contributed by atoms with Crippen LogP contribution in [0.5, 0.6) is 5.75 Å². The van der Waals surface area contributed by atoms with E-state index in [1.54, 1.807) is 14.0 Å². The lowest BCUT2D eigenvalue weighted by molar-refractivity contribution is -0.132. The van der Waals surface area contributed by atoms with Crippen LogP contribution in [0.25, 0.3) is 0 Å². The maximum atomic E-state index is 12.9. The molecule has 1 aliphatic rings. The summed E-state index contributed by atoms with van der Waals surface area (Å²) >= 11 is 0. The zero-order chi connectivity index (χ0) is 18.5. The molecule has 1 amide bonds. The molecular weight excluding hydrogens is 328 g/mol. The standard InChI is InChI=1S/C21H26N2O3/c1-15(24)13-22-14-20(25)23-12-11-16-5-3-4-6-19(16)21(23)17-7-9-18(26-2)10-8-17/h3-10,15,21-22,24H,11-14H2,1-2H3/t15-,21?/m1/s1. The fourth-order valence-electron chi connectivity index (χ4n) is 3.47. The molecule has 5 nitrogen and oxygen atoms in total. The van der Waals surface area contributed by atoms with Crippen molar-refractivity contribution in [2.75, 3.05) is 26.7 Å². The van der Waals surface area contributed by atoms with Gasteiger partial charge in [-0.15, -0.1) is 0 Å². The Morgan fingerprint density at radius 1 is 1.27 bits per heavy atom. The quantitative estimate of drug-likeness (QED) is 0.834. The Morgan fingerprint density at radius 3 is 2.69 bits per heavy atom. The maximum Gasteiger partial charge on any atom is 0.237 e. The van der Waals surface area contributed by atoms with Crippen molar-refractivity contribution in [2.24, 2.45) is 0 Å². The first kappa shape index (κ1) is 18.4. The third kappa shape index (κ3) is 4.06. The first-order chi connectivity index (χ1) is 12.6. The predicted octanol–water partition coefficient (Wildman–Crippen LogP) is 2.14. The number of aliphatic hydroxyl groups excluding tert-OH is 1. The third-order valence-corrected chi connectivity index (χ3v) is 4.75. The molecule has 0 bridgehead atoms. The van der Waals surface area contributed by atoms with Gasteiger partial charge in [0.25, 0.3) is 0 Å². The summed E-state index contributed by atoms with van der Waals surface area (Å²) in [6.45, 7) is 3.01. The zero-order valence-electron chi connectivity index (χ0n) is 15.3. The minimum Gasteiger partial charge on any atom is -0.497 e. The Morgan fingerprint density at radius 2 is 2.00 bits per heavy atom. The van der Waals surface area contributed by atoms with Crippen LogP contribution in [-0.2, 0) is 11.2 Å². The Kier molecular flexibility index (Phi) is 5.91. The van der Waals surface area contributed by atoms with E-state index in [0.717, 1.165) is 17.7 Å². The van der Waals surface area contributed by atoms with E-state index in [9.17, 15) is 9.90 Å². The molecule has 1 aliphatic heterocycles. The van der Waals surface area contributed by atoms with Gasteiger partial charge < -0.3 is 20.1 Å². The molecule has 0 saturated heterocycles. The summed E-state index contributed by atoms with van der Waals surface area (Å²) in [5.41, 5.74) is 3.53. The van der Waals surface area contributed by atoms with Crippen LogP contribution in [0.3, 0.4) is 0 Å². The van der Waals surface area contributed by atoms with Crippen LogP contribution < -0.4 is 10.1 Å². The number of fused-ring (bicyclic) bond motifs is 1. The molecule has 2 aromatic carbocycles. The van der Waals surface area contributed by atoms with Gasteiger partial charge in [0.15, 0.2) is 0 Å². The van der Waals surface area contributed by atoms with Crippen molar-refractivity contribution in [2.45, 2.75) is 25.5 Å². The first-order valence-electron chi connectivity index (χ1n) is 9.00. The summed E-state index contributed by atoms with van der Waals surface area (Å²) < 4.78 is 5.26. The number of amides is 1. The van der Waals surface area contributed by atoms with Crippen LogP contribution in [0, 0.1) is 0 Å². The third-order valence-electron chi connectivity index (χ3n) is 4.75. The highest BCUT2D eigenvalue weighted by Gasteiger charge is 2.31. The van der Waals surface area contributed by atoms with E-state index in [4.69, 9.17) is 4.74 Å². The molecule has 1 unspecified atom stereocenters. The van der Waals surface area contributed by atoms with Crippen LogP contribution >= 0.6 is 0 Å². The normalized spacial score (nSPS) is 17.5. The number of carbonyl (C=O) groups is 1. The van der Waals surface area contributed by atoms with Crippen LogP contribution in [0.15, 0.2) is 48.5 Å². The van der Waals surface area contributed by atoms with Crippen molar-refractivity contribution in [1.82, 2.24) is 10.2 Å². The van der Waals surface area contributed by atoms with E-state index in [0.29, 0.717) is 13.1 Å². The van der Waals surface area contributed by atoms with Gasteiger partial charge in [0.1, 0.15) is 5.75 Å². The second kappa shape index (κ2) is 8.34. The van der Waals surface area contributed by atoms with Crippen molar-refractivity contribution in [3.05, 3.63) is 65.2 Å². The number of methoxy groups -OCH3 is 1. The molecule has 0 radical (unpaired) electrons. The minimum absolute atomic E-state index is 0.0426. The van der Waals surface area contributed by atoms with Gasteiger partial charge >= 0.3 is 0 Å². The molecular formula is C21H26N2O3. The van der Waals surface area contributed by atoms with Crippen molar-refractivity contribution in [3.8, 4) is 5.75 Å². The Hall–Kier alpha value is -2.37. The molecule has 0 spiro atoms. The van der Waals surface area contributed by atoms with Gasteiger partial charge in [-0.1, -0.05) is 36.4 Å². The lowest BCUT2D eigenvalue weighted by atomic mass is 9.88. The van der Waals surface area contributed by atoms with Crippen molar-refractivity contribution >= 4 is 5.91 Å². The van der Waals surface area contributed by atoms with E-state index in [-0.39, 0.29) is 18.5 Å². The average Bonchev–Trinajstić information content (AvgIpc) is 2.66. The minimum atomic E-state index is -0.470. The van der Waals surface area contributed by atoms with Crippen molar-refractivity contribution in [3.63, 3.8) is 0 Å². The summed E-state index contributed by atoms with van der Waals surface area (Å²) in [4.78, 5) is 14.8. The monoisotopic (exact) mass is 354 g/mol. The van der Waals surface area contributed by atoms with E-state index < -0.39 is 6.10 Å². The molecule has 138 valence electrons. The predicted molar refractivity (Wildman–Crippen MR) is 101 cm³/mol. The summed E-state index contributed by atoms with van der Waals surface area (Å²) in [6.07, 6.45) is 0.382. The number of ether oxygens (including phenoxy) is 1. The highest BCUT2D eigenvalue weighted by molar-refractivity contribution is 5.79. The maximum absolute atomic E-state index is 12.9. The lowest BCUT2D eigenvalue weighted by Crippen LogP contribution is -2.45. The van der Waals surface area contributed by atoms with Crippen LogP contribution in [0.2, 0.25) is 0 Å². The topological polar surface area (TPSA) is 61.8 Å². The second-order valence-electron chi connectivity index (χ2n) is 6.69. The van der Waals surface area contributed by atoms with Gasteiger partial charge in [-0.05, 0) is 42.2 Å². The number of nitrogens with one attached hydrogen (secondary N) is 1. The van der Waals surface area contributed by atoms with E-state index in [1.165, 1.54) is 11.1 Å². The number of rotatable bonds is 6. The van der Waals surface area contributed by atoms with Crippen LogP contribution in [0.4, 0.5) is 0 Å². The van der Waals surface area contributed by atoms with Crippen LogP contribution in [-0.4, -0.2) is 48.8 Å². The largest absolute Gasteiger partial charge is 0.497 e. The number of hydrogen-bond acceptors (Lipinski definition) is 4. The van der Waals surface area contributed by atoms with Gasteiger partial charge in [-0.25, -0.2) is 0 Å².